The molecular weight excluding hydrogens is 187 g/mol. The Hall–Kier alpha value is 0.01000. The van der Waals surface area contributed by atoms with Gasteiger partial charge in [-0.1, -0.05) is 0 Å². The maximum Gasteiger partial charge on any atom is 0.509 e. The topological polar surface area (TPSA) is 60.4 Å². The molecule has 1 atom stereocenters. The van der Waals surface area contributed by atoms with Crippen LogP contribution < -0.4 is 0 Å². The van der Waals surface area contributed by atoms with E-state index in [9.17, 15) is 13.0 Å². The van der Waals surface area contributed by atoms with Gasteiger partial charge in [-0.25, -0.2) is 8.42 Å². The molecule has 0 aromatic carbocycles. The highest BCUT2D eigenvalue weighted by atomic mass is 32.2. The molecule has 0 aromatic heterocycles. The molecule has 0 aromatic rings. The molecule has 0 aliphatic rings. The second-order valence-electron chi connectivity index (χ2n) is 2.10. The minimum Gasteiger partial charge on any atom is -0.229 e. The molecule has 0 N–H and O–H groups in total. The molecule has 0 spiro atoms. The van der Waals surface area contributed by atoms with Crippen LogP contribution in [0.1, 0.15) is 6.92 Å². The molecule has 66 valence electrons. The van der Waals surface area contributed by atoms with Gasteiger partial charge in [-0.2, -0.15) is 0 Å². The van der Waals surface area contributed by atoms with Gasteiger partial charge in [0.25, 0.3) is 0 Å². The average molecular weight is 199 g/mol. The molecule has 0 heterocycles. The summed E-state index contributed by atoms with van der Waals surface area (Å²) in [5.74, 6) is -0.0673. The Morgan fingerprint density at radius 2 is 2.00 bits per heavy atom. The summed E-state index contributed by atoms with van der Waals surface area (Å²) in [5, 5.41) is 0. The maximum absolute atomic E-state index is 10.8. The zero-order valence-corrected chi connectivity index (χ0v) is 8.32. The lowest BCUT2D eigenvalue weighted by molar-refractivity contribution is 0.351. The molecule has 0 radical (unpaired) electrons. The summed E-state index contributed by atoms with van der Waals surface area (Å²) < 4.78 is 36.5. The zero-order valence-electron chi connectivity index (χ0n) is 6.61. The van der Waals surface area contributed by atoms with Gasteiger partial charge in [0.1, 0.15) is 0 Å². The van der Waals surface area contributed by atoms with E-state index >= 15 is 0 Å². The van der Waals surface area contributed by atoms with Gasteiger partial charge in [0.15, 0.2) is 16.0 Å². The van der Waals surface area contributed by atoms with Crippen LogP contribution >= 0.6 is 8.03 Å². The van der Waals surface area contributed by atoms with Crippen LogP contribution in [0.2, 0.25) is 0 Å². The van der Waals surface area contributed by atoms with Gasteiger partial charge >= 0.3 is 8.03 Å². The molecular formula is C5H12O4PS+. The predicted molar refractivity (Wildman–Crippen MR) is 43.8 cm³/mol. The third-order valence-corrected chi connectivity index (χ3v) is 3.30. The second-order valence-corrected chi connectivity index (χ2v) is 5.73. The van der Waals surface area contributed by atoms with E-state index in [1.165, 1.54) is 0 Å². The zero-order chi connectivity index (χ0) is 8.91. The SMILES string of the molecule is CCO[P+](=O)CCS(C)(=O)=O. The van der Waals surface area contributed by atoms with Gasteiger partial charge in [0, 0.05) is 6.26 Å². The van der Waals surface area contributed by atoms with Crippen molar-refractivity contribution in [2.75, 3.05) is 24.8 Å². The Balaban J connectivity index is 3.64. The first kappa shape index (κ1) is 11.0. The van der Waals surface area contributed by atoms with Crippen LogP contribution in [0.15, 0.2) is 0 Å². The van der Waals surface area contributed by atoms with Crippen molar-refractivity contribution in [3.05, 3.63) is 0 Å². The minimum atomic E-state index is -3.00. The summed E-state index contributed by atoms with van der Waals surface area (Å²) in [5.41, 5.74) is 0. The van der Waals surface area contributed by atoms with Gasteiger partial charge in [0.2, 0.25) is 0 Å². The van der Waals surface area contributed by atoms with Gasteiger partial charge in [-0.3, -0.25) is 0 Å². The molecule has 0 bridgehead atoms. The standard InChI is InChI=1S/C5H12O4PS/c1-3-9-10(6)4-5-11(2,7)8/h3-5H2,1-2H3/q+1. The Labute approximate surface area is 67.7 Å². The predicted octanol–water partition coefficient (Wildman–Crippen LogP) is 0.810. The van der Waals surface area contributed by atoms with Crippen LogP contribution in [0, 0.1) is 0 Å². The van der Waals surface area contributed by atoms with E-state index in [1.807, 2.05) is 0 Å². The molecule has 0 fully saturated rings. The van der Waals surface area contributed by atoms with E-state index in [-0.39, 0.29) is 11.9 Å². The quantitative estimate of drug-likeness (QED) is 0.615. The number of hydrogen-bond acceptors (Lipinski definition) is 4. The lowest BCUT2D eigenvalue weighted by Gasteiger charge is -1.87. The highest BCUT2D eigenvalue weighted by molar-refractivity contribution is 7.90. The van der Waals surface area contributed by atoms with Crippen molar-refractivity contribution in [1.29, 1.82) is 0 Å². The molecule has 0 saturated heterocycles. The minimum absolute atomic E-state index is 0.0673. The van der Waals surface area contributed by atoms with E-state index in [0.717, 1.165) is 6.26 Å². The third kappa shape index (κ3) is 7.91. The highest BCUT2D eigenvalue weighted by Gasteiger charge is 2.18. The molecule has 1 unspecified atom stereocenters. The fourth-order valence-corrected chi connectivity index (χ4v) is 2.79. The van der Waals surface area contributed by atoms with E-state index in [2.05, 4.69) is 4.52 Å². The molecule has 0 aliphatic heterocycles. The summed E-state index contributed by atoms with van der Waals surface area (Å²) in [6.45, 7) is 2.08. The fraction of sp³-hybridized carbons (Fsp3) is 1.00. The highest BCUT2D eigenvalue weighted by Crippen LogP contribution is 2.20. The summed E-state index contributed by atoms with van der Waals surface area (Å²) >= 11 is 0. The monoisotopic (exact) mass is 199 g/mol. The van der Waals surface area contributed by atoms with E-state index in [1.54, 1.807) is 6.92 Å². The molecule has 0 aliphatic carbocycles. The summed E-state index contributed by atoms with van der Waals surface area (Å²) in [7, 11) is -4.78. The van der Waals surface area contributed by atoms with Crippen molar-refractivity contribution in [2.24, 2.45) is 0 Å². The number of sulfone groups is 1. The van der Waals surface area contributed by atoms with Crippen LogP contribution in [0.3, 0.4) is 0 Å². The van der Waals surface area contributed by atoms with Crippen molar-refractivity contribution in [3.63, 3.8) is 0 Å². The van der Waals surface area contributed by atoms with Crippen molar-refractivity contribution in [2.45, 2.75) is 6.92 Å². The first-order valence-electron chi connectivity index (χ1n) is 3.21. The fourth-order valence-electron chi connectivity index (χ4n) is 0.449. The van der Waals surface area contributed by atoms with Gasteiger partial charge < -0.3 is 0 Å². The molecule has 0 saturated carbocycles. The Morgan fingerprint density at radius 3 is 2.36 bits per heavy atom. The van der Waals surface area contributed by atoms with E-state index in [0.29, 0.717) is 6.61 Å². The molecule has 0 amide bonds. The van der Waals surface area contributed by atoms with Crippen molar-refractivity contribution in [1.82, 2.24) is 0 Å². The van der Waals surface area contributed by atoms with E-state index < -0.39 is 17.9 Å². The summed E-state index contributed by atoms with van der Waals surface area (Å²) in [4.78, 5) is 0. The lowest BCUT2D eigenvalue weighted by Crippen LogP contribution is -2.05. The molecule has 0 rings (SSSR count). The first-order chi connectivity index (χ1) is 4.95. The summed E-state index contributed by atoms with van der Waals surface area (Å²) in [6.07, 6.45) is 1.21. The number of rotatable bonds is 5. The van der Waals surface area contributed by atoms with Gasteiger partial charge in [-0.15, -0.1) is 4.52 Å². The van der Waals surface area contributed by atoms with Crippen molar-refractivity contribution in [3.8, 4) is 0 Å². The van der Waals surface area contributed by atoms with Crippen LogP contribution in [0.5, 0.6) is 0 Å². The van der Waals surface area contributed by atoms with Crippen LogP contribution in [0.25, 0.3) is 0 Å². The Kier molecular flexibility index (Phi) is 4.81. The third-order valence-electron chi connectivity index (χ3n) is 0.918. The largest absolute Gasteiger partial charge is 0.509 e. The normalized spacial score (nSPS) is 13.1. The maximum atomic E-state index is 10.8. The van der Waals surface area contributed by atoms with Gasteiger partial charge in [-0.05, 0) is 11.5 Å². The Morgan fingerprint density at radius 1 is 1.45 bits per heavy atom. The smallest absolute Gasteiger partial charge is 0.229 e. The first-order valence-corrected chi connectivity index (χ1v) is 6.63. The van der Waals surface area contributed by atoms with E-state index in [4.69, 9.17) is 0 Å². The number of hydrogen-bond donors (Lipinski definition) is 0. The lowest BCUT2D eigenvalue weighted by atomic mass is 10.9. The van der Waals surface area contributed by atoms with Gasteiger partial charge in [0.05, 0.1) is 12.4 Å². The molecule has 4 nitrogen and oxygen atoms in total. The van der Waals surface area contributed by atoms with Crippen LogP contribution in [-0.2, 0) is 18.9 Å². The second kappa shape index (κ2) is 4.80. The molecule has 6 heteroatoms. The average Bonchev–Trinajstić information content (AvgIpc) is 1.83. The summed E-state index contributed by atoms with van der Waals surface area (Å²) in [6, 6.07) is 0. The Bertz CT molecular complexity index is 221. The van der Waals surface area contributed by atoms with Crippen molar-refractivity contribution >= 4 is 17.9 Å². The van der Waals surface area contributed by atoms with Crippen LogP contribution in [-0.4, -0.2) is 33.2 Å². The molecule has 11 heavy (non-hydrogen) atoms. The van der Waals surface area contributed by atoms with Crippen molar-refractivity contribution < 1.29 is 17.5 Å². The van der Waals surface area contributed by atoms with Crippen LogP contribution in [0.4, 0.5) is 0 Å².